The van der Waals surface area contributed by atoms with Gasteiger partial charge in [-0.25, -0.2) is 0 Å². The highest BCUT2D eigenvalue weighted by Crippen LogP contribution is 2.15. The van der Waals surface area contributed by atoms with Gasteiger partial charge in [0, 0.05) is 13.1 Å². The fourth-order valence-corrected chi connectivity index (χ4v) is 1.58. The Morgan fingerprint density at radius 3 is 3.00 bits per heavy atom. The van der Waals surface area contributed by atoms with Gasteiger partial charge in [-0.2, -0.15) is 5.10 Å². The summed E-state index contributed by atoms with van der Waals surface area (Å²) in [4.78, 5) is 13.7. The largest absolute Gasteiger partial charge is 0.396 e. The van der Waals surface area contributed by atoms with E-state index in [-0.39, 0.29) is 5.91 Å². The Bertz CT molecular complexity index is 407. The summed E-state index contributed by atoms with van der Waals surface area (Å²) in [7, 11) is 0. The lowest BCUT2D eigenvalue weighted by atomic mass is 10.1. The second-order valence-electron chi connectivity index (χ2n) is 3.75. The van der Waals surface area contributed by atoms with E-state index in [2.05, 4.69) is 23.2 Å². The van der Waals surface area contributed by atoms with Gasteiger partial charge in [-0.1, -0.05) is 11.6 Å². The van der Waals surface area contributed by atoms with Crippen LogP contribution in [-0.4, -0.2) is 34.1 Å². The van der Waals surface area contributed by atoms with Crippen molar-refractivity contribution in [2.24, 2.45) is 0 Å². The molecule has 5 heteroatoms. The van der Waals surface area contributed by atoms with Crippen LogP contribution >= 0.6 is 0 Å². The quantitative estimate of drug-likeness (QED) is 0.667. The molecule has 80 valence electrons. The third-order valence-electron chi connectivity index (χ3n) is 2.61. The van der Waals surface area contributed by atoms with Crippen LogP contribution < -0.4 is 5.73 Å². The maximum absolute atomic E-state index is 11.9. The maximum atomic E-state index is 11.9. The minimum atomic E-state index is -0.0752. The fourth-order valence-electron chi connectivity index (χ4n) is 1.58. The standard InChI is InChI=1S/C10H14N4O/c1-7-2-4-14(5-3-7)10(15)9-8(11)6-12-13-9/h2,6H,3-5,11H2,1H3,(H,12,13). The lowest BCUT2D eigenvalue weighted by Crippen LogP contribution is -2.35. The van der Waals surface area contributed by atoms with Crippen molar-refractivity contribution in [3.63, 3.8) is 0 Å². The molecule has 0 radical (unpaired) electrons. The van der Waals surface area contributed by atoms with E-state index in [9.17, 15) is 4.79 Å². The summed E-state index contributed by atoms with van der Waals surface area (Å²) in [5.41, 5.74) is 7.75. The molecule has 0 fully saturated rings. The van der Waals surface area contributed by atoms with Gasteiger partial charge in [0.05, 0.1) is 11.9 Å². The Morgan fingerprint density at radius 1 is 1.67 bits per heavy atom. The summed E-state index contributed by atoms with van der Waals surface area (Å²) in [6, 6.07) is 0. The highest BCUT2D eigenvalue weighted by molar-refractivity contribution is 5.97. The van der Waals surface area contributed by atoms with E-state index in [0.717, 1.165) is 13.0 Å². The number of H-pyrrole nitrogens is 1. The average Bonchev–Trinajstić information content (AvgIpc) is 2.65. The smallest absolute Gasteiger partial charge is 0.274 e. The molecule has 5 nitrogen and oxygen atoms in total. The van der Waals surface area contributed by atoms with Gasteiger partial charge in [-0.3, -0.25) is 9.89 Å². The first-order valence-corrected chi connectivity index (χ1v) is 4.92. The van der Waals surface area contributed by atoms with Crippen molar-refractivity contribution in [1.82, 2.24) is 15.1 Å². The summed E-state index contributed by atoms with van der Waals surface area (Å²) < 4.78 is 0. The fraction of sp³-hybridized carbons (Fsp3) is 0.400. The molecule has 1 aliphatic heterocycles. The van der Waals surface area contributed by atoms with Crippen LogP contribution in [0.15, 0.2) is 17.8 Å². The number of amides is 1. The van der Waals surface area contributed by atoms with Gasteiger partial charge >= 0.3 is 0 Å². The molecule has 0 aromatic carbocycles. The van der Waals surface area contributed by atoms with Crippen molar-refractivity contribution >= 4 is 11.6 Å². The first-order chi connectivity index (χ1) is 7.18. The predicted molar refractivity (Wildman–Crippen MR) is 57.3 cm³/mol. The Morgan fingerprint density at radius 2 is 2.47 bits per heavy atom. The van der Waals surface area contributed by atoms with E-state index in [4.69, 9.17) is 5.73 Å². The molecule has 15 heavy (non-hydrogen) atoms. The topological polar surface area (TPSA) is 75.0 Å². The molecule has 3 N–H and O–H groups in total. The van der Waals surface area contributed by atoms with Crippen molar-refractivity contribution in [2.75, 3.05) is 18.8 Å². The number of nitrogen functional groups attached to an aromatic ring is 1. The van der Waals surface area contributed by atoms with E-state index in [1.807, 2.05) is 0 Å². The number of rotatable bonds is 1. The van der Waals surface area contributed by atoms with Gasteiger partial charge in [0.1, 0.15) is 5.69 Å². The molecule has 0 saturated carbocycles. The number of anilines is 1. The van der Waals surface area contributed by atoms with Crippen LogP contribution in [0.4, 0.5) is 5.69 Å². The average molecular weight is 206 g/mol. The molecule has 1 amide bonds. The second-order valence-corrected chi connectivity index (χ2v) is 3.75. The van der Waals surface area contributed by atoms with Crippen LogP contribution in [0.25, 0.3) is 0 Å². The molecule has 0 bridgehead atoms. The molecule has 1 aliphatic rings. The molecule has 1 aromatic rings. The van der Waals surface area contributed by atoms with Crippen molar-refractivity contribution in [3.05, 3.63) is 23.5 Å². The Balaban J connectivity index is 2.13. The monoisotopic (exact) mass is 206 g/mol. The van der Waals surface area contributed by atoms with E-state index >= 15 is 0 Å². The zero-order chi connectivity index (χ0) is 10.8. The highest BCUT2D eigenvalue weighted by atomic mass is 16.2. The van der Waals surface area contributed by atoms with Gasteiger partial charge in [-0.05, 0) is 13.3 Å². The van der Waals surface area contributed by atoms with Crippen molar-refractivity contribution in [1.29, 1.82) is 0 Å². The van der Waals surface area contributed by atoms with Crippen LogP contribution in [-0.2, 0) is 0 Å². The Labute approximate surface area is 87.9 Å². The second kappa shape index (κ2) is 3.76. The number of nitrogens with zero attached hydrogens (tertiary/aromatic N) is 2. The summed E-state index contributed by atoms with van der Waals surface area (Å²) in [6.45, 7) is 3.48. The zero-order valence-corrected chi connectivity index (χ0v) is 8.66. The van der Waals surface area contributed by atoms with Crippen LogP contribution in [0.2, 0.25) is 0 Å². The lowest BCUT2D eigenvalue weighted by molar-refractivity contribution is 0.0764. The third kappa shape index (κ3) is 1.86. The summed E-state index contributed by atoms with van der Waals surface area (Å²) in [5.74, 6) is -0.0752. The van der Waals surface area contributed by atoms with Gasteiger partial charge in [-0.15, -0.1) is 0 Å². The zero-order valence-electron chi connectivity index (χ0n) is 8.66. The molecule has 0 atom stereocenters. The van der Waals surface area contributed by atoms with Gasteiger partial charge in [0.2, 0.25) is 0 Å². The molecule has 2 rings (SSSR count). The number of hydrogen-bond acceptors (Lipinski definition) is 3. The first-order valence-electron chi connectivity index (χ1n) is 4.92. The number of hydrogen-bond donors (Lipinski definition) is 2. The third-order valence-corrected chi connectivity index (χ3v) is 2.61. The molecule has 1 aromatic heterocycles. The van der Waals surface area contributed by atoms with Crippen LogP contribution in [0.5, 0.6) is 0 Å². The Kier molecular flexibility index (Phi) is 2.45. The van der Waals surface area contributed by atoms with E-state index < -0.39 is 0 Å². The number of aromatic amines is 1. The summed E-state index contributed by atoms with van der Waals surface area (Å²) in [6.07, 6.45) is 4.45. The van der Waals surface area contributed by atoms with Crippen LogP contribution in [0.3, 0.4) is 0 Å². The van der Waals surface area contributed by atoms with Crippen LogP contribution in [0.1, 0.15) is 23.8 Å². The van der Waals surface area contributed by atoms with Gasteiger partial charge < -0.3 is 10.6 Å². The molecule has 2 heterocycles. The van der Waals surface area contributed by atoms with E-state index in [0.29, 0.717) is 17.9 Å². The molecular weight excluding hydrogens is 192 g/mol. The SMILES string of the molecule is CC1=CCN(C(=O)c2[nH]ncc2N)CC1. The molecule has 0 aliphatic carbocycles. The highest BCUT2D eigenvalue weighted by Gasteiger charge is 2.20. The maximum Gasteiger partial charge on any atom is 0.274 e. The normalized spacial score (nSPS) is 16.3. The molecular formula is C10H14N4O. The Hall–Kier alpha value is -1.78. The van der Waals surface area contributed by atoms with Crippen LogP contribution in [0, 0.1) is 0 Å². The van der Waals surface area contributed by atoms with E-state index in [1.165, 1.54) is 11.8 Å². The van der Waals surface area contributed by atoms with Crippen molar-refractivity contribution < 1.29 is 4.79 Å². The minimum absolute atomic E-state index is 0.0752. The van der Waals surface area contributed by atoms with E-state index in [1.54, 1.807) is 4.90 Å². The lowest BCUT2D eigenvalue weighted by Gasteiger charge is -2.24. The van der Waals surface area contributed by atoms with Crippen molar-refractivity contribution in [2.45, 2.75) is 13.3 Å². The number of nitrogens with one attached hydrogen (secondary N) is 1. The number of carbonyl (C=O) groups is 1. The summed E-state index contributed by atoms with van der Waals surface area (Å²) >= 11 is 0. The molecule has 0 saturated heterocycles. The number of aromatic nitrogens is 2. The molecule has 0 spiro atoms. The first kappa shape index (κ1) is 9.76. The predicted octanol–water partition coefficient (Wildman–Crippen LogP) is 0.784. The van der Waals surface area contributed by atoms with Gasteiger partial charge in [0.25, 0.3) is 5.91 Å². The van der Waals surface area contributed by atoms with Gasteiger partial charge in [0.15, 0.2) is 0 Å². The summed E-state index contributed by atoms with van der Waals surface area (Å²) in [5, 5.41) is 6.37. The number of carbonyl (C=O) groups excluding carboxylic acids is 1. The minimum Gasteiger partial charge on any atom is -0.396 e. The number of nitrogens with two attached hydrogens (primary N) is 1. The van der Waals surface area contributed by atoms with Crippen molar-refractivity contribution in [3.8, 4) is 0 Å². The molecule has 0 unspecified atom stereocenters.